The lowest BCUT2D eigenvalue weighted by atomic mass is 10.1. The molecule has 6 nitrogen and oxygen atoms in total. The lowest BCUT2D eigenvalue weighted by Crippen LogP contribution is -2.36. The van der Waals surface area contributed by atoms with Gasteiger partial charge in [0.2, 0.25) is 11.8 Å². The minimum Gasteiger partial charge on any atom is -0.342 e. The fourth-order valence-corrected chi connectivity index (χ4v) is 2.11. The van der Waals surface area contributed by atoms with Crippen molar-refractivity contribution in [2.24, 2.45) is 5.73 Å². The first-order valence-corrected chi connectivity index (χ1v) is 6.59. The maximum atomic E-state index is 12.0. The molecule has 100 valence electrons. The first-order valence-electron chi connectivity index (χ1n) is 6.59. The molecule has 2 heterocycles. The molecule has 0 saturated carbocycles. The number of carbonyl (C=O) groups is 1. The maximum Gasteiger partial charge on any atom is 0.230 e. The summed E-state index contributed by atoms with van der Waals surface area (Å²) in [5.74, 6) is 1.15. The van der Waals surface area contributed by atoms with Crippen LogP contribution in [0.25, 0.3) is 0 Å². The van der Waals surface area contributed by atoms with E-state index in [4.69, 9.17) is 10.3 Å². The summed E-state index contributed by atoms with van der Waals surface area (Å²) in [6, 6.07) is 0. The van der Waals surface area contributed by atoms with Crippen LogP contribution in [0.1, 0.15) is 37.4 Å². The van der Waals surface area contributed by atoms with Gasteiger partial charge >= 0.3 is 0 Å². The number of amides is 1. The van der Waals surface area contributed by atoms with E-state index >= 15 is 0 Å². The van der Waals surface area contributed by atoms with E-state index in [-0.39, 0.29) is 12.3 Å². The van der Waals surface area contributed by atoms with E-state index in [9.17, 15) is 4.79 Å². The molecule has 0 bridgehead atoms. The van der Waals surface area contributed by atoms with Gasteiger partial charge in [0.25, 0.3) is 0 Å². The second kappa shape index (κ2) is 6.49. The summed E-state index contributed by atoms with van der Waals surface area (Å²) in [6.45, 7) is 2.32. The van der Waals surface area contributed by atoms with Crippen LogP contribution in [0.15, 0.2) is 4.52 Å². The number of aryl methyl sites for hydroxylation is 1. The van der Waals surface area contributed by atoms with Gasteiger partial charge < -0.3 is 15.2 Å². The first-order chi connectivity index (χ1) is 8.79. The minimum absolute atomic E-state index is 0.0980. The van der Waals surface area contributed by atoms with E-state index in [1.165, 1.54) is 6.42 Å². The highest BCUT2D eigenvalue weighted by Gasteiger charge is 2.19. The Hall–Kier alpha value is -1.43. The van der Waals surface area contributed by atoms with Crippen molar-refractivity contribution < 1.29 is 9.32 Å². The average molecular weight is 252 g/mol. The van der Waals surface area contributed by atoms with Crippen molar-refractivity contribution in [3.05, 3.63) is 11.7 Å². The largest absolute Gasteiger partial charge is 0.342 e. The number of rotatable bonds is 5. The summed E-state index contributed by atoms with van der Waals surface area (Å²) in [4.78, 5) is 18.1. The van der Waals surface area contributed by atoms with E-state index in [1.807, 2.05) is 4.90 Å². The van der Waals surface area contributed by atoms with Crippen LogP contribution in [0, 0.1) is 0 Å². The Balaban J connectivity index is 1.84. The summed E-state index contributed by atoms with van der Waals surface area (Å²) in [6.07, 6.45) is 5.16. The molecule has 1 aromatic rings. The van der Waals surface area contributed by atoms with Gasteiger partial charge in [-0.3, -0.25) is 4.79 Å². The number of hydrogen-bond donors (Lipinski definition) is 1. The molecular formula is C12H20N4O2. The number of nitrogens with two attached hydrogens (primary N) is 1. The van der Waals surface area contributed by atoms with Crippen molar-refractivity contribution in [3.63, 3.8) is 0 Å². The van der Waals surface area contributed by atoms with Crippen LogP contribution >= 0.6 is 0 Å². The Morgan fingerprint density at radius 2 is 2.11 bits per heavy atom. The third-order valence-corrected chi connectivity index (χ3v) is 3.12. The molecule has 1 aliphatic heterocycles. The predicted octanol–water partition coefficient (Wildman–Crippen LogP) is 0.516. The monoisotopic (exact) mass is 252 g/mol. The Morgan fingerprint density at radius 1 is 1.33 bits per heavy atom. The van der Waals surface area contributed by atoms with Crippen LogP contribution in [-0.2, 0) is 17.6 Å². The maximum absolute atomic E-state index is 12.0. The van der Waals surface area contributed by atoms with Gasteiger partial charge in [-0.1, -0.05) is 5.16 Å². The molecule has 0 radical (unpaired) electrons. The van der Waals surface area contributed by atoms with Crippen LogP contribution in [0.2, 0.25) is 0 Å². The molecule has 1 aliphatic rings. The zero-order chi connectivity index (χ0) is 12.8. The molecule has 2 N–H and O–H groups in total. The summed E-state index contributed by atoms with van der Waals surface area (Å²) in [5.41, 5.74) is 5.41. The van der Waals surface area contributed by atoms with Gasteiger partial charge in [-0.05, 0) is 32.2 Å². The number of hydrogen-bond acceptors (Lipinski definition) is 5. The normalized spacial score (nSPS) is 15.9. The molecule has 18 heavy (non-hydrogen) atoms. The summed E-state index contributed by atoms with van der Waals surface area (Å²) >= 11 is 0. The van der Waals surface area contributed by atoms with Crippen molar-refractivity contribution in [1.82, 2.24) is 15.0 Å². The van der Waals surface area contributed by atoms with Crippen LogP contribution < -0.4 is 5.73 Å². The molecule has 2 rings (SSSR count). The van der Waals surface area contributed by atoms with E-state index in [0.29, 0.717) is 24.7 Å². The third-order valence-electron chi connectivity index (χ3n) is 3.12. The quantitative estimate of drug-likeness (QED) is 0.825. The third kappa shape index (κ3) is 3.53. The predicted molar refractivity (Wildman–Crippen MR) is 65.8 cm³/mol. The molecule has 1 amide bonds. The number of nitrogens with zero attached hydrogens (tertiary/aromatic N) is 3. The Kier molecular flexibility index (Phi) is 4.69. The minimum atomic E-state index is 0.0980. The van der Waals surface area contributed by atoms with Crippen molar-refractivity contribution in [3.8, 4) is 0 Å². The molecule has 1 saturated heterocycles. The first kappa shape index (κ1) is 13.0. The zero-order valence-corrected chi connectivity index (χ0v) is 10.6. The van der Waals surface area contributed by atoms with Crippen LogP contribution in [0.5, 0.6) is 0 Å². The topological polar surface area (TPSA) is 85.2 Å². The van der Waals surface area contributed by atoms with Crippen molar-refractivity contribution >= 4 is 5.91 Å². The number of aromatic nitrogens is 2. The van der Waals surface area contributed by atoms with E-state index < -0.39 is 0 Å². The van der Waals surface area contributed by atoms with Crippen LogP contribution in [0.4, 0.5) is 0 Å². The van der Waals surface area contributed by atoms with Gasteiger partial charge in [-0.25, -0.2) is 0 Å². The summed E-state index contributed by atoms with van der Waals surface area (Å²) < 4.78 is 5.07. The molecule has 1 fully saturated rings. The van der Waals surface area contributed by atoms with E-state index in [2.05, 4.69) is 10.1 Å². The van der Waals surface area contributed by atoms with Crippen molar-refractivity contribution in [2.45, 2.75) is 38.5 Å². The number of likely N-dealkylation sites (tertiary alicyclic amines) is 1. The SMILES string of the molecule is NCCCc1nc(CC(=O)N2CCCCC2)no1. The molecule has 0 atom stereocenters. The lowest BCUT2D eigenvalue weighted by molar-refractivity contribution is -0.131. The number of piperidine rings is 1. The van der Waals surface area contributed by atoms with E-state index in [0.717, 1.165) is 32.4 Å². The molecular weight excluding hydrogens is 232 g/mol. The van der Waals surface area contributed by atoms with Crippen LogP contribution in [-0.4, -0.2) is 40.6 Å². The Morgan fingerprint density at radius 3 is 2.83 bits per heavy atom. The zero-order valence-electron chi connectivity index (χ0n) is 10.6. The van der Waals surface area contributed by atoms with Crippen LogP contribution in [0.3, 0.4) is 0 Å². The summed E-state index contributed by atoms with van der Waals surface area (Å²) in [5, 5.41) is 3.83. The second-order valence-corrected chi connectivity index (χ2v) is 4.61. The fourth-order valence-electron chi connectivity index (χ4n) is 2.11. The van der Waals surface area contributed by atoms with Crippen molar-refractivity contribution in [2.75, 3.05) is 19.6 Å². The van der Waals surface area contributed by atoms with Gasteiger partial charge in [0.1, 0.15) is 0 Å². The van der Waals surface area contributed by atoms with Gasteiger partial charge in [0.05, 0.1) is 6.42 Å². The molecule has 6 heteroatoms. The number of carbonyl (C=O) groups excluding carboxylic acids is 1. The second-order valence-electron chi connectivity index (χ2n) is 4.61. The van der Waals surface area contributed by atoms with Gasteiger partial charge in [0, 0.05) is 19.5 Å². The summed E-state index contributed by atoms with van der Waals surface area (Å²) in [7, 11) is 0. The van der Waals surface area contributed by atoms with Crippen molar-refractivity contribution in [1.29, 1.82) is 0 Å². The lowest BCUT2D eigenvalue weighted by Gasteiger charge is -2.26. The van der Waals surface area contributed by atoms with Gasteiger partial charge in [0.15, 0.2) is 5.82 Å². The average Bonchev–Trinajstić information content (AvgIpc) is 2.85. The standard InChI is InChI=1S/C12H20N4O2/c13-6-4-5-11-14-10(15-18-11)9-12(17)16-7-2-1-3-8-16/h1-9,13H2. The molecule has 0 unspecified atom stereocenters. The Bertz CT molecular complexity index is 385. The highest BCUT2D eigenvalue weighted by atomic mass is 16.5. The highest BCUT2D eigenvalue weighted by Crippen LogP contribution is 2.10. The molecule has 1 aromatic heterocycles. The smallest absolute Gasteiger partial charge is 0.230 e. The molecule has 0 spiro atoms. The molecule has 0 aromatic carbocycles. The van der Waals surface area contributed by atoms with Gasteiger partial charge in [-0.15, -0.1) is 0 Å². The molecule has 0 aliphatic carbocycles. The Labute approximate surface area is 107 Å². The van der Waals surface area contributed by atoms with E-state index in [1.54, 1.807) is 0 Å². The fraction of sp³-hybridized carbons (Fsp3) is 0.750. The van der Waals surface area contributed by atoms with Gasteiger partial charge in [-0.2, -0.15) is 4.98 Å². The highest BCUT2D eigenvalue weighted by molar-refractivity contribution is 5.78.